The predicted molar refractivity (Wildman–Crippen MR) is 113 cm³/mol. The second-order valence-corrected chi connectivity index (χ2v) is 8.67. The fraction of sp³-hybridized carbons (Fsp3) is 0.652. The van der Waals surface area contributed by atoms with E-state index in [4.69, 9.17) is 0 Å². The van der Waals surface area contributed by atoms with E-state index in [-0.39, 0.29) is 5.91 Å². The van der Waals surface area contributed by atoms with Gasteiger partial charge in [-0.3, -0.25) is 14.5 Å². The molecule has 5 heteroatoms. The van der Waals surface area contributed by atoms with Gasteiger partial charge in [0, 0.05) is 38.3 Å². The predicted octanol–water partition coefficient (Wildman–Crippen LogP) is 3.66. The van der Waals surface area contributed by atoms with E-state index in [1.165, 1.54) is 31.2 Å². The number of rotatable bonds is 6. The van der Waals surface area contributed by atoms with Crippen LogP contribution in [0.2, 0.25) is 0 Å². The van der Waals surface area contributed by atoms with Gasteiger partial charge in [0.15, 0.2) is 0 Å². The fourth-order valence-electron chi connectivity index (χ4n) is 4.70. The van der Waals surface area contributed by atoms with Crippen LogP contribution in [0, 0.1) is 26.7 Å². The Labute approximate surface area is 169 Å². The van der Waals surface area contributed by atoms with Crippen molar-refractivity contribution in [3.8, 4) is 0 Å². The molecule has 0 atom stereocenters. The molecule has 5 nitrogen and oxygen atoms in total. The van der Waals surface area contributed by atoms with Gasteiger partial charge in [0.25, 0.3) is 0 Å². The summed E-state index contributed by atoms with van der Waals surface area (Å²) in [5.74, 6) is 1.08. The molecular weight excluding hydrogens is 350 g/mol. The number of amides is 2. The minimum absolute atomic E-state index is 0.0241. The molecule has 0 bridgehead atoms. The van der Waals surface area contributed by atoms with E-state index >= 15 is 0 Å². The van der Waals surface area contributed by atoms with Gasteiger partial charge in [-0.25, -0.2) is 0 Å². The van der Waals surface area contributed by atoms with Crippen LogP contribution in [-0.4, -0.2) is 54.3 Å². The molecule has 1 heterocycles. The van der Waals surface area contributed by atoms with Crippen molar-refractivity contribution in [1.82, 2.24) is 9.80 Å². The van der Waals surface area contributed by atoms with Crippen LogP contribution in [0.1, 0.15) is 55.2 Å². The lowest BCUT2D eigenvalue weighted by Gasteiger charge is -2.34. The molecule has 1 aromatic carbocycles. The third-order valence-electron chi connectivity index (χ3n) is 6.27. The maximum atomic E-state index is 12.5. The highest BCUT2D eigenvalue weighted by Gasteiger charge is 2.24. The van der Waals surface area contributed by atoms with Crippen molar-refractivity contribution in [2.24, 2.45) is 5.92 Å². The van der Waals surface area contributed by atoms with Gasteiger partial charge in [0.05, 0.1) is 6.54 Å². The average molecular weight is 386 g/mol. The average Bonchev–Trinajstić information content (AvgIpc) is 3.17. The van der Waals surface area contributed by atoms with E-state index in [2.05, 4.69) is 29.3 Å². The van der Waals surface area contributed by atoms with E-state index in [0.717, 1.165) is 55.3 Å². The minimum Gasteiger partial charge on any atom is -0.340 e. The van der Waals surface area contributed by atoms with Crippen LogP contribution in [0.3, 0.4) is 0 Å². The molecule has 0 unspecified atom stereocenters. The molecule has 28 heavy (non-hydrogen) atoms. The summed E-state index contributed by atoms with van der Waals surface area (Å²) in [6.45, 7) is 9.54. The smallest absolute Gasteiger partial charge is 0.238 e. The highest BCUT2D eigenvalue weighted by Crippen LogP contribution is 2.28. The summed E-state index contributed by atoms with van der Waals surface area (Å²) in [5, 5.41) is 3.08. The molecule has 154 valence electrons. The first-order chi connectivity index (χ1) is 13.4. The summed E-state index contributed by atoms with van der Waals surface area (Å²) in [5.41, 5.74) is 4.34. The second kappa shape index (κ2) is 9.55. The third kappa shape index (κ3) is 5.57. The normalized spacial score (nSPS) is 18.5. The lowest BCUT2D eigenvalue weighted by molar-refractivity contribution is -0.133. The van der Waals surface area contributed by atoms with E-state index in [0.29, 0.717) is 18.9 Å². The molecular formula is C23H35N3O2. The molecule has 2 fully saturated rings. The quantitative estimate of drug-likeness (QED) is 0.813. The van der Waals surface area contributed by atoms with Gasteiger partial charge in [-0.05, 0) is 44.2 Å². The number of aryl methyl sites for hydroxylation is 3. The zero-order valence-electron chi connectivity index (χ0n) is 17.7. The van der Waals surface area contributed by atoms with E-state index in [1.807, 2.05) is 18.7 Å². The van der Waals surface area contributed by atoms with E-state index < -0.39 is 0 Å². The molecule has 0 radical (unpaired) electrons. The number of hydrogen-bond donors (Lipinski definition) is 1. The van der Waals surface area contributed by atoms with Crippen molar-refractivity contribution in [3.63, 3.8) is 0 Å². The summed E-state index contributed by atoms with van der Waals surface area (Å²) in [7, 11) is 0. The highest BCUT2D eigenvalue weighted by atomic mass is 16.2. The molecule has 1 aromatic rings. The first kappa shape index (κ1) is 20.8. The fourth-order valence-corrected chi connectivity index (χ4v) is 4.70. The topological polar surface area (TPSA) is 52.7 Å². The van der Waals surface area contributed by atoms with Gasteiger partial charge in [0.1, 0.15) is 0 Å². The Balaban J connectivity index is 1.41. The van der Waals surface area contributed by atoms with Crippen LogP contribution >= 0.6 is 0 Å². The van der Waals surface area contributed by atoms with Gasteiger partial charge < -0.3 is 10.2 Å². The SMILES string of the molecule is Cc1cc(C)c(NC(=O)CN2CCN(C(=O)CCC3CCCC3)CC2)c(C)c1. The van der Waals surface area contributed by atoms with Crippen LogP contribution in [0.25, 0.3) is 0 Å². The van der Waals surface area contributed by atoms with Gasteiger partial charge in [-0.2, -0.15) is 0 Å². The number of nitrogens with zero attached hydrogens (tertiary/aromatic N) is 2. The summed E-state index contributed by atoms with van der Waals surface area (Å²) in [4.78, 5) is 29.1. The Morgan fingerprint density at radius 3 is 2.21 bits per heavy atom. The van der Waals surface area contributed by atoms with Gasteiger partial charge in [-0.1, -0.05) is 43.4 Å². The number of benzene rings is 1. The number of carbonyl (C=O) groups excluding carboxylic acids is 2. The molecule has 1 N–H and O–H groups in total. The summed E-state index contributed by atoms with van der Waals surface area (Å²) in [6, 6.07) is 4.19. The molecule has 2 aliphatic rings. The molecule has 1 aliphatic carbocycles. The first-order valence-electron chi connectivity index (χ1n) is 10.8. The lowest BCUT2D eigenvalue weighted by atomic mass is 10.0. The Morgan fingerprint density at radius 2 is 1.61 bits per heavy atom. The Hall–Kier alpha value is -1.88. The van der Waals surface area contributed by atoms with Crippen LogP contribution in [0.4, 0.5) is 5.69 Å². The largest absolute Gasteiger partial charge is 0.340 e. The van der Waals surface area contributed by atoms with Gasteiger partial charge >= 0.3 is 0 Å². The van der Waals surface area contributed by atoms with E-state index in [9.17, 15) is 9.59 Å². The molecule has 1 aliphatic heterocycles. The number of carbonyl (C=O) groups is 2. The standard InChI is InChI=1S/C23H35N3O2/c1-17-14-18(2)23(19(3)15-17)24-21(27)16-25-10-12-26(13-11-25)22(28)9-8-20-6-4-5-7-20/h14-15,20H,4-13,16H2,1-3H3,(H,24,27). The Morgan fingerprint density at radius 1 is 1.00 bits per heavy atom. The van der Waals surface area contributed by atoms with Crippen molar-refractivity contribution in [1.29, 1.82) is 0 Å². The lowest BCUT2D eigenvalue weighted by Crippen LogP contribution is -2.50. The highest BCUT2D eigenvalue weighted by molar-refractivity contribution is 5.93. The van der Waals surface area contributed by atoms with Crippen LogP contribution in [0.15, 0.2) is 12.1 Å². The molecule has 1 saturated heterocycles. The number of nitrogens with one attached hydrogen (secondary N) is 1. The van der Waals surface area contributed by atoms with Crippen LogP contribution < -0.4 is 5.32 Å². The Kier molecular flexibility index (Phi) is 7.11. The van der Waals surface area contributed by atoms with Crippen LogP contribution in [-0.2, 0) is 9.59 Å². The van der Waals surface area contributed by atoms with Gasteiger partial charge in [0.2, 0.25) is 11.8 Å². The zero-order chi connectivity index (χ0) is 20.1. The Bertz CT molecular complexity index is 679. The van der Waals surface area contributed by atoms with Crippen molar-refractivity contribution < 1.29 is 9.59 Å². The van der Waals surface area contributed by atoms with E-state index in [1.54, 1.807) is 0 Å². The molecule has 1 saturated carbocycles. The van der Waals surface area contributed by atoms with Crippen molar-refractivity contribution >= 4 is 17.5 Å². The maximum absolute atomic E-state index is 12.5. The van der Waals surface area contributed by atoms with Gasteiger partial charge in [-0.15, -0.1) is 0 Å². The summed E-state index contributed by atoms with van der Waals surface area (Å²) < 4.78 is 0. The zero-order valence-corrected chi connectivity index (χ0v) is 17.7. The second-order valence-electron chi connectivity index (χ2n) is 8.67. The maximum Gasteiger partial charge on any atom is 0.238 e. The molecule has 0 spiro atoms. The van der Waals surface area contributed by atoms with Crippen molar-refractivity contribution in [2.45, 2.75) is 59.3 Å². The molecule has 2 amide bonds. The summed E-state index contributed by atoms with van der Waals surface area (Å²) in [6.07, 6.45) is 7.02. The number of hydrogen-bond acceptors (Lipinski definition) is 3. The number of piperazine rings is 1. The van der Waals surface area contributed by atoms with Crippen molar-refractivity contribution in [3.05, 3.63) is 28.8 Å². The van der Waals surface area contributed by atoms with Crippen LogP contribution in [0.5, 0.6) is 0 Å². The van der Waals surface area contributed by atoms with Crippen molar-refractivity contribution in [2.75, 3.05) is 38.0 Å². The third-order valence-corrected chi connectivity index (χ3v) is 6.27. The summed E-state index contributed by atoms with van der Waals surface area (Å²) >= 11 is 0. The monoisotopic (exact) mass is 385 g/mol. The first-order valence-corrected chi connectivity index (χ1v) is 10.8. The molecule has 3 rings (SSSR count). The number of anilines is 1. The molecule has 0 aromatic heterocycles. The minimum atomic E-state index is 0.0241.